The van der Waals surface area contributed by atoms with E-state index in [4.69, 9.17) is 4.42 Å². The molecule has 2 aromatic carbocycles. The van der Waals surface area contributed by atoms with Crippen LogP contribution in [0.3, 0.4) is 0 Å². The third-order valence-corrected chi connectivity index (χ3v) is 5.01. The Labute approximate surface area is 157 Å². The molecule has 4 rings (SSSR count). The summed E-state index contributed by atoms with van der Waals surface area (Å²) in [5.74, 6) is 0.774. The van der Waals surface area contributed by atoms with E-state index in [1.54, 1.807) is 12.1 Å². The topological polar surface area (TPSA) is 108 Å². The molecule has 134 valence electrons. The lowest BCUT2D eigenvalue weighted by Crippen LogP contribution is -1.92. The maximum Gasteiger partial charge on any atom is 0.269 e. The number of rotatable bonds is 5. The number of hydrogen-bond acceptors (Lipinski definition) is 8. The van der Waals surface area contributed by atoms with E-state index in [-0.39, 0.29) is 10.9 Å². The van der Waals surface area contributed by atoms with Crippen LogP contribution in [-0.2, 0) is 0 Å². The molecule has 2 heterocycles. The van der Waals surface area contributed by atoms with E-state index < -0.39 is 4.92 Å². The molecule has 0 fully saturated rings. The van der Waals surface area contributed by atoms with E-state index in [0.29, 0.717) is 17.3 Å². The lowest BCUT2D eigenvalue weighted by Gasteiger charge is -2.08. The quantitative estimate of drug-likeness (QED) is 0.217. The van der Waals surface area contributed by atoms with Gasteiger partial charge in [0.2, 0.25) is 11.8 Å². The molecule has 2 aromatic heterocycles. The maximum absolute atomic E-state index is 10.7. The normalized spacial score (nSPS) is 12.2. The second-order valence-corrected chi connectivity index (χ2v) is 7.03. The molecule has 0 aliphatic heterocycles. The summed E-state index contributed by atoms with van der Waals surface area (Å²) in [7, 11) is 0. The van der Waals surface area contributed by atoms with Crippen molar-refractivity contribution in [1.29, 1.82) is 0 Å². The highest BCUT2D eigenvalue weighted by atomic mass is 32.2. The van der Waals surface area contributed by atoms with Crippen LogP contribution in [0.2, 0.25) is 0 Å². The number of nitrogens with zero attached hydrogens (tertiary/aromatic N) is 5. The third kappa shape index (κ3) is 3.49. The van der Waals surface area contributed by atoms with Crippen molar-refractivity contribution < 1.29 is 9.34 Å². The van der Waals surface area contributed by atoms with Crippen molar-refractivity contribution >= 4 is 28.4 Å². The average molecular weight is 379 g/mol. The zero-order valence-corrected chi connectivity index (χ0v) is 15.0. The standard InChI is InChI=1S/C18H13N5O3S/c1-11(27-18-14-4-2-3-5-15(14)19-10-20-18)16-21-22-17(26-16)12-6-8-13(9-7-12)23(24)25/h2-11H,1H3. The van der Waals surface area contributed by atoms with Crippen LogP contribution in [0.1, 0.15) is 18.1 Å². The SMILES string of the molecule is CC(Sc1ncnc2ccccc12)c1nnc(-c2ccc([N+](=O)[O-])cc2)o1. The van der Waals surface area contributed by atoms with Crippen molar-refractivity contribution in [3.8, 4) is 11.5 Å². The van der Waals surface area contributed by atoms with Gasteiger partial charge in [-0.2, -0.15) is 0 Å². The first kappa shape index (κ1) is 17.1. The minimum absolute atomic E-state index is 0.0121. The summed E-state index contributed by atoms with van der Waals surface area (Å²) in [5, 5.41) is 20.6. The molecule has 0 aliphatic rings. The first-order valence-corrected chi connectivity index (χ1v) is 8.94. The summed E-state index contributed by atoms with van der Waals surface area (Å²) >= 11 is 1.50. The number of nitro groups is 1. The molecule has 0 amide bonds. The zero-order chi connectivity index (χ0) is 18.8. The Kier molecular flexibility index (Phi) is 4.51. The fraction of sp³-hybridized carbons (Fsp3) is 0.111. The van der Waals surface area contributed by atoms with Crippen molar-refractivity contribution in [3.05, 3.63) is 70.9 Å². The van der Waals surface area contributed by atoms with Crippen molar-refractivity contribution in [2.24, 2.45) is 0 Å². The summed E-state index contributed by atoms with van der Waals surface area (Å²) in [4.78, 5) is 18.9. The van der Waals surface area contributed by atoms with Gasteiger partial charge in [0.15, 0.2) is 0 Å². The Bertz CT molecular complexity index is 1110. The summed E-state index contributed by atoms with van der Waals surface area (Å²) in [5.41, 5.74) is 1.52. The highest BCUT2D eigenvalue weighted by Crippen LogP contribution is 2.36. The summed E-state index contributed by atoms with van der Waals surface area (Å²) in [6.45, 7) is 1.95. The van der Waals surface area contributed by atoms with Crippen LogP contribution in [0.4, 0.5) is 5.69 Å². The predicted octanol–water partition coefficient (Wildman–Crippen LogP) is 4.44. The average Bonchev–Trinajstić information content (AvgIpc) is 3.19. The number of para-hydroxylation sites is 1. The minimum Gasteiger partial charge on any atom is -0.419 e. The van der Waals surface area contributed by atoms with Gasteiger partial charge in [0.05, 0.1) is 15.7 Å². The van der Waals surface area contributed by atoms with Crippen molar-refractivity contribution in [2.75, 3.05) is 0 Å². The number of nitro benzene ring substituents is 1. The van der Waals surface area contributed by atoms with Crippen LogP contribution >= 0.6 is 11.8 Å². The van der Waals surface area contributed by atoms with Gasteiger partial charge in [-0.15, -0.1) is 10.2 Å². The molecule has 0 bridgehead atoms. The molecular formula is C18H13N5O3S. The molecule has 9 heteroatoms. The molecule has 0 aliphatic carbocycles. The molecule has 0 saturated heterocycles. The maximum atomic E-state index is 10.7. The van der Waals surface area contributed by atoms with Gasteiger partial charge in [0.25, 0.3) is 5.69 Å². The van der Waals surface area contributed by atoms with Crippen molar-refractivity contribution in [1.82, 2.24) is 20.2 Å². The molecule has 1 unspecified atom stereocenters. The number of thioether (sulfide) groups is 1. The van der Waals surface area contributed by atoms with Crippen LogP contribution in [0.25, 0.3) is 22.4 Å². The van der Waals surface area contributed by atoms with Gasteiger partial charge >= 0.3 is 0 Å². The summed E-state index contributed by atoms with van der Waals surface area (Å²) in [6, 6.07) is 13.8. The van der Waals surface area contributed by atoms with E-state index in [1.165, 1.54) is 30.2 Å². The van der Waals surface area contributed by atoms with Crippen LogP contribution in [0.15, 0.2) is 64.3 Å². The molecule has 0 saturated carbocycles. The Hall–Kier alpha value is -3.33. The molecule has 0 N–H and O–H groups in total. The molecule has 1 atom stereocenters. The second-order valence-electron chi connectivity index (χ2n) is 5.71. The molecule has 27 heavy (non-hydrogen) atoms. The van der Waals surface area contributed by atoms with E-state index in [1.807, 2.05) is 31.2 Å². The molecular weight excluding hydrogens is 366 g/mol. The Morgan fingerprint density at radius 2 is 1.85 bits per heavy atom. The van der Waals surface area contributed by atoms with Gasteiger partial charge in [0.1, 0.15) is 11.4 Å². The lowest BCUT2D eigenvalue weighted by atomic mass is 10.2. The number of aromatic nitrogens is 4. The van der Waals surface area contributed by atoms with Gasteiger partial charge in [-0.1, -0.05) is 30.0 Å². The minimum atomic E-state index is -0.451. The highest BCUT2D eigenvalue weighted by Gasteiger charge is 2.18. The zero-order valence-electron chi connectivity index (χ0n) is 14.1. The Morgan fingerprint density at radius 1 is 1.07 bits per heavy atom. The van der Waals surface area contributed by atoms with Crippen LogP contribution in [0, 0.1) is 10.1 Å². The van der Waals surface area contributed by atoms with E-state index >= 15 is 0 Å². The number of fused-ring (bicyclic) bond motifs is 1. The number of benzene rings is 2. The van der Waals surface area contributed by atoms with Gasteiger partial charge in [-0.25, -0.2) is 9.97 Å². The van der Waals surface area contributed by atoms with Crippen molar-refractivity contribution in [2.45, 2.75) is 17.2 Å². The summed E-state index contributed by atoms with van der Waals surface area (Å²) in [6.07, 6.45) is 1.54. The smallest absolute Gasteiger partial charge is 0.269 e. The third-order valence-electron chi connectivity index (χ3n) is 3.91. The van der Waals surface area contributed by atoms with Crippen molar-refractivity contribution in [3.63, 3.8) is 0 Å². The largest absolute Gasteiger partial charge is 0.419 e. The van der Waals surface area contributed by atoms with E-state index in [9.17, 15) is 10.1 Å². The first-order chi connectivity index (χ1) is 13.1. The van der Waals surface area contributed by atoms with Gasteiger partial charge < -0.3 is 4.42 Å². The molecule has 0 radical (unpaired) electrons. The summed E-state index contributed by atoms with van der Waals surface area (Å²) < 4.78 is 5.76. The van der Waals surface area contributed by atoms with E-state index in [2.05, 4.69) is 20.2 Å². The first-order valence-electron chi connectivity index (χ1n) is 8.06. The fourth-order valence-corrected chi connectivity index (χ4v) is 3.47. The molecule has 8 nitrogen and oxygen atoms in total. The fourth-order valence-electron chi connectivity index (χ4n) is 2.53. The predicted molar refractivity (Wildman–Crippen MR) is 100 cm³/mol. The lowest BCUT2D eigenvalue weighted by molar-refractivity contribution is -0.384. The monoisotopic (exact) mass is 379 g/mol. The highest BCUT2D eigenvalue weighted by molar-refractivity contribution is 7.99. The van der Waals surface area contributed by atoms with Crippen LogP contribution in [-0.4, -0.2) is 25.1 Å². The van der Waals surface area contributed by atoms with Crippen LogP contribution < -0.4 is 0 Å². The molecule has 0 spiro atoms. The van der Waals surface area contributed by atoms with Gasteiger partial charge in [-0.3, -0.25) is 10.1 Å². The van der Waals surface area contributed by atoms with Gasteiger partial charge in [0, 0.05) is 23.1 Å². The van der Waals surface area contributed by atoms with Crippen LogP contribution in [0.5, 0.6) is 0 Å². The number of hydrogen-bond donors (Lipinski definition) is 0. The van der Waals surface area contributed by atoms with E-state index in [0.717, 1.165) is 15.9 Å². The number of non-ortho nitro benzene ring substituents is 1. The Balaban J connectivity index is 1.56. The Morgan fingerprint density at radius 3 is 2.63 bits per heavy atom. The van der Waals surface area contributed by atoms with Gasteiger partial charge in [-0.05, 0) is 25.1 Å². The second kappa shape index (κ2) is 7.12. The molecule has 4 aromatic rings.